The Morgan fingerprint density at radius 3 is 2.35 bits per heavy atom. The number of halogens is 3. The van der Waals surface area contributed by atoms with Gasteiger partial charge in [0, 0.05) is 22.6 Å². The van der Waals surface area contributed by atoms with Gasteiger partial charge in [-0.05, 0) is 77.0 Å². The lowest BCUT2D eigenvalue weighted by Crippen LogP contribution is -2.50. The van der Waals surface area contributed by atoms with E-state index in [1.807, 2.05) is 32.0 Å². The van der Waals surface area contributed by atoms with Crippen molar-refractivity contribution >= 4 is 50.9 Å². The van der Waals surface area contributed by atoms with Crippen LogP contribution in [0.5, 0.6) is 5.75 Å². The van der Waals surface area contributed by atoms with Gasteiger partial charge in [-0.1, -0.05) is 63.0 Å². The van der Waals surface area contributed by atoms with E-state index in [9.17, 15) is 9.59 Å². The Hall–Kier alpha value is -1.76. The molecule has 2 aromatic carbocycles. The van der Waals surface area contributed by atoms with Crippen molar-refractivity contribution in [2.75, 3.05) is 6.61 Å². The summed E-state index contributed by atoms with van der Waals surface area (Å²) in [7, 11) is 0. The lowest BCUT2D eigenvalue weighted by Gasteiger charge is -2.30. The first kappa shape index (κ1) is 28.5. The number of amides is 2. The number of hydrogen-bond acceptors (Lipinski definition) is 3. The maximum Gasteiger partial charge on any atom is 0.261 e. The summed E-state index contributed by atoms with van der Waals surface area (Å²) in [5, 5.41) is 3.87. The molecule has 0 radical (unpaired) electrons. The van der Waals surface area contributed by atoms with E-state index in [4.69, 9.17) is 27.9 Å². The lowest BCUT2D eigenvalue weighted by atomic mass is 9.87. The summed E-state index contributed by atoms with van der Waals surface area (Å²) in [6.07, 6.45) is 0.789. The lowest BCUT2D eigenvalue weighted by molar-refractivity contribution is -0.142. The summed E-state index contributed by atoms with van der Waals surface area (Å²) in [6.45, 7) is 11.9. The summed E-state index contributed by atoms with van der Waals surface area (Å²) in [6, 6.07) is 10.2. The number of benzene rings is 2. The molecule has 0 spiro atoms. The largest absolute Gasteiger partial charge is 0.483 e. The van der Waals surface area contributed by atoms with Crippen molar-refractivity contribution in [2.24, 2.45) is 0 Å². The van der Waals surface area contributed by atoms with E-state index in [1.165, 1.54) is 4.90 Å². The molecule has 0 unspecified atom stereocenters. The molecule has 5 nitrogen and oxygen atoms in total. The molecule has 2 aromatic rings. The number of ether oxygens (including phenoxy) is 1. The second-order valence-corrected chi connectivity index (χ2v) is 11.1. The molecule has 2 atom stereocenters. The molecule has 0 saturated heterocycles. The van der Waals surface area contributed by atoms with Crippen molar-refractivity contribution in [1.29, 1.82) is 0 Å². The van der Waals surface area contributed by atoms with E-state index < -0.39 is 6.04 Å². The molecule has 8 heteroatoms. The molecular weight excluding hydrogens is 539 g/mol. The van der Waals surface area contributed by atoms with Crippen molar-refractivity contribution < 1.29 is 14.3 Å². The van der Waals surface area contributed by atoms with Gasteiger partial charge >= 0.3 is 0 Å². The minimum atomic E-state index is -0.719. The molecule has 0 heterocycles. The van der Waals surface area contributed by atoms with Crippen molar-refractivity contribution in [3.63, 3.8) is 0 Å². The third kappa shape index (κ3) is 7.89. The van der Waals surface area contributed by atoms with Crippen molar-refractivity contribution in [2.45, 2.75) is 72.0 Å². The maximum atomic E-state index is 13.3. The summed E-state index contributed by atoms with van der Waals surface area (Å²) in [5.41, 5.74) is 1.83. The highest BCUT2D eigenvalue weighted by Crippen LogP contribution is 2.31. The fraction of sp³-hybridized carbons (Fsp3) is 0.462. The van der Waals surface area contributed by atoms with Crippen LogP contribution in [-0.2, 0) is 21.5 Å². The zero-order chi connectivity index (χ0) is 25.6. The Labute approximate surface area is 221 Å². The molecule has 0 aliphatic rings. The Morgan fingerprint density at radius 1 is 1.12 bits per heavy atom. The average Bonchev–Trinajstić information content (AvgIpc) is 2.76. The summed E-state index contributed by atoms with van der Waals surface area (Å²) in [4.78, 5) is 27.6. The Bertz CT molecular complexity index is 1020. The highest BCUT2D eigenvalue weighted by Gasteiger charge is 2.28. The van der Waals surface area contributed by atoms with Crippen molar-refractivity contribution in [3.8, 4) is 5.75 Å². The van der Waals surface area contributed by atoms with Crippen molar-refractivity contribution in [1.82, 2.24) is 10.2 Å². The molecule has 186 valence electrons. The number of nitrogens with one attached hydrogen (secondary N) is 1. The van der Waals surface area contributed by atoms with E-state index in [0.717, 1.165) is 16.5 Å². The zero-order valence-corrected chi connectivity index (χ0v) is 23.6. The molecule has 2 rings (SSSR count). The maximum absolute atomic E-state index is 13.3. The standard InChI is InChI=1S/C26H33BrCl2N2O3/c1-7-16(2)30-25(33)17(3)31(14-18-8-10-20(28)13-22(18)29)24(32)15-34-23-11-9-19(12-21(23)27)26(4,5)6/h8-13,16-17H,7,14-15H2,1-6H3,(H,30,33)/t16-,17-/m0/s1. The average molecular weight is 572 g/mol. The Kier molecular flexibility index (Phi) is 10.3. The van der Waals surface area contributed by atoms with Crippen LogP contribution in [0, 0.1) is 0 Å². The number of carbonyl (C=O) groups is 2. The topological polar surface area (TPSA) is 58.6 Å². The Balaban J connectivity index is 2.23. The van der Waals surface area contributed by atoms with Crippen LogP contribution in [-0.4, -0.2) is 35.4 Å². The molecule has 2 amide bonds. The smallest absolute Gasteiger partial charge is 0.261 e. The first-order chi connectivity index (χ1) is 15.8. The van der Waals surface area contributed by atoms with Crippen molar-refractivity contribution in [3.05, 3.63) is 62.0 Å². The van der Waals surface area contributed by atoms with Gasteiger partial charge in [-0.15, -0.1) is 0 Å². The van der Waals surface area contributed by atoms with Crippen LogP contribution >= 0.6 is 39.1 Å². The number of rotatable bonds is 9. The monoisotopic (exact) mass is 570 g/mol. The van der Waals surface area contributed by atoms with E-state index >= 15 is 0 Å². The van der Waals surface area contributed by atoms with Crippen LogP contribution in [0.15, 0.2) is 40.9 Å². The van der Waals surface area contributed by atoms with Crippen LogP contribution in [0.4, 0.5) is 0 Å². The molecular formula is C26H33BrCl2N2O3. The molecule has 0 fully saturated rings. The van der Waals surface area contributed by atoms with Gasteiger partial charge in [0.2, 0.25) is 5.91 Å². The van der Waals surface area contributed by atoms with Crippen LogP contribution in [0.3, 0.4) is 0 Å². The summed E-state index contributed by atoms with van der Waals surface area (Å²) < 4.78 is 6.61. The second kappa shape index (κ2) is 12.3. The number of hydrogen-bond donors (Lipinski definition) is 1. The molecule has 0 saturated carbocycles. The summed E-state index contributed by atoms with van der Waals surface area (Å²) >= 11 is 15.9. The quantitative estimate of drug-likeness (QED) is 0.361. The molecule has 1 N–H and O–H groups in total. The predicted octanol–water partition coefficient (Wildman–Crippen LogP) is 6.76. The summed E-state index contributed by atoms with van der Waals surface area (Å²) in [5.74, 6) is -0.00403. The van der Waals surface area contributed by atoms with Crippen LogP contribution in [0.25, 0.3) is 0 Å². The first-order valence-electron chi connectivity index (χ1n) is 11.3. The molecule has 0 bridgehead atoms. The number of nitrogens with zero attached hydrogens (tertiary/aromatic N) is 1. The predicted molar refractivity (Wildman–Crippen MR) is 143 cm³/mol. The van der Waals surface area contributed by atoms with Gasteiger partial charge in [0.25, 0.3) is 5.91 Å². The van der Waals surface area contributed by atoms with Gasteiger partial charge in [-0.25, -0.2) is 0 Å². The molecule has 0 aliphatic heterocycles. The minimum absolute atomic E-state index is 0.000409. The minimum Gasteiger partial charge on any atom is -0.483 e. The normalized spacial score (nSPS) is 13.2. The third-order valence-electron chi connectivity index (χ3n) is 5.67. The van der Waals surface area contributed by atoms with Gasteiger partial charge < -0.3 is 15.0 Å². The SMILES string of the molecule is CC[C@H](C)NC(=O)[C@H](C)N(Cc1ccc(Cl)cc1Cl)C(=O)COc1ccc(C(C)(C)C)cc1Br. The Morgan fingerprint density at radius 2 is 1.79 bits per heavy atom. The van der Waals surface area contributed by atoms with E-state index in [-0.39, 0.29) is 36.4 Å². The van der Waals surface area contributed by atoms with Crippen LogP contribution in [0.2, 0.25) is 10.0 Å². The van der Waals surface area contributed by atoms with Gasteiger partial charge in [0.05, 0.1) is 4.47 Å². The molecule has 0 aromatic heterocycles. The van der Waals surface area contributed by atoms with Crippen LogP contribution < -0.4 is 10.1 Å². The number of carbonyl (C=O) groups excluding carboxylic acids is 2. The van der Waals surface area contributed by atoms with E-state index in [2.05, 4.69) is 42.0 Å². The fourth-order valence-corrected chi connectivity index (χ4v) is 4.15. The van der Waals surface area contributed by atoms with Gasteiger partial charge in [0.15, 0.2) is 6.61 Å². The third-order valence-corrected chi connectivity index (χ3v) is 6.88. The van der Waals surface area contributed by atoms with E-state index in [1.54, 1.807) is 25.1 Å². The highest BCUT2D eigenvalue weighted by molar-refractivity contribution is 9.10. The molecule has 0 aliphatic carbocycles. The fourth-order valence-electron chi connectivity index (χ4n) is 3.19. The van der Waals surface area contributed by atoms with Gasteiger partial charge in [-0.3, -0.25) is 9.59 Å². The van der Waals surface area contributed by atoms with Gasteiger partial charge in [0.1, 0.15) is 11.8 Å². The first-order valence-corrected chi connectivity index (χ1v) is 12.8. The zero-order valence-electron chi connectivity index (χ0n) is 20.5. The second-order valence-electron chi connectivity index (χ2n) is 9.44. The van der Waals surface area contributed by atoms with Crippen LogP contribution in [0.1, 0.15) is 59.1 Å². The van der Waals surface area contributed by atoms with Gasteiger partial charge in [-0.2, -0.15) is 0 Å². The van der Waals surface area contributed by atoms with E-state index in [0.29, 0.717) is 21.4 Å². The highest BCUT2D eigenvalue weighted by atomic mass is 79.9. The molecule has 34 heavy (non-hydrogen) atoms.